The van der Waals surface area contributed by atoms with Crippen LogP contribution in [0.1, 0.15) is 50.6 Å². The van der Waals surface area contributed by atoms with Gasteiger partial charge in [-0.1, -0.05) is 25.1 Å². The first-order valence-corrected chi connectivity index (χ1v) is 11.2. The number of benzene rings is 2. The summed E-state index contributed by atoms with van der Waals surface area (Å²) in [5, 5.41) is 13.6. The average molecular weight is 474 g/mol. The van der Waals surface area contributed by atoms with Crippen molar-refractivity contribution in [2.75, 3.05) is 0 Å². The predicted molar refractivity (Wildman–Crippen MR) is 123 cm³/mol. The third-order valence-corrected chi connectivity index (χ3v) is 5.46. The van der Waals surface area contributed by atoms with E-state index in [2.05, 4.69) is 5.10 Å². The number of ether oxygens (including phenoxy) is 1. The Morgan fingerprint density at radius 2 is 1.82 bits per heavy atom. The Balaban J connectivity index is 1.66. The van der Waals surface area contributed by atoms with Gasteiger partial charge in [0.2, 0.25) is 0 Å². The van der Waals surface area contributed by atoms with Gasteiger partial charge in [-0.2, -0.15) is 5.10 Å². The Kier molecular flexibility index (Phi) is 7.86. The quantitative estimate of drug-likeness (QED) is 0.451. The van der Waals surface area contributed by atoms with Gasteiger partial charge in [-0.15, -0.1) is 0 Å². The maximum absolute atomic E-state index is 14.0. The zero-order valence-corrected chi connectivity index (χ0v) is 19.6. The number of carbonyl (C=O) groups is 1. The molecule has 7 nitrogen and oxygen atoms in total. The van der Waals surface area contributed by atoms with Gasteiger partial charge < -0.3 is 9.84 Å². The summed E-state index contributed by atoms with van der Waals surface area (Å²) in [5.41, 5.74) is -0.398. The molecule has 0 radical (unpaired) electrons. The Labute approximate surface area is 196 Å². The van der Waals surface area contributed by atoms with Gasteiger partial charge >= 0.3 is 11.7 Å². The summed E-state index contributed by atoms with van der Waals surface area (Å²) in [6.45, 7) is 5.38. The van der Waals surface area contributed by atoms with E-state index in [4.69, 9.17) is 4.74 Å². The fourth-order valence-corrected chi connectivity index (χ4v) is 3.55. The van der Waals surface area contributed by atoms with Gasteiger partial charge in [0.05, 0.1) is 6.54 Å². The summed E-state index contributed by atoms with van der Waals surface area (Å²) >= 11 is 0. The molecule has 34 heavy (non-hydrogen) atoms. The molecular weight excluding hydrogens is 444 g/mol. The van der Waals surface area contributed by atoms with Gasteiger partial charge in [-0.25, -0.2) is 23.1 Å². The highest BCUT2D eigenvalue weighted by atomic mass is 19.1. The number of carboxylic acids is 1. The summed E-state index contributed by atoms with van der Waals surface area (Å²) in [7, 11) is 0. The molecule has 9 heteroatoms. The minimum atomic E-state index is -1.32. The van der Waals surface area contributed by atoms with E-state index in [9.17, 15) is 23.5 Å². The Bertz CT molecular complexity index is 1200. The molecule has 0 spiro atoms. The molecule has 0 aliphatic rings. The Hall–Kier alpha value is -3.49. The summed E-state index contributed by atoms with van der Waals surface area (Å²) < 4.78 is 35.6. The van der Waals surface area contributed by atoms with Crippen molar-refractivity contribution in [2.24, 2.45) is 0 Å². The molecular formula is C25H29F2N3O4. The number of hydrogen-bond donors (Lipinski definition) is 1. The highest BCUT2D eigenvalue weighted by Crippen LogP contribution is 2.20. The van der Waals surface area contributed by atoms with E-state index >= 15 is 0 Å². The van der Waals surface area contributed by atoms with Gasteiger partial charge in [0.1, 0.15) is 23.2 Å². The van der Waals surface area contributed by atoms with Gasteiger partial charge in [0.15, 0.2) is 5.60 Å². The molecule has 0 unspecified atom stereocenters. The van der Waals surface area contributed by atoms with Gasteiger partial charge in [-0.3, -0.25) is 4.57 Å². The number of rotatable bonds is 11. The van der Waals surface area contributed by atoms with Crippen molar-refractivity contribution in [2.45, 2.75) is 65.1 Å². The van der Waals surface area contributed by atoms with Crippen LogP contribution in [0.15, 0.2) is 47.3 Å². The van der Waals surface area contributed by atoms with Crippen molar-refractivity contribution in [3.8, 4) is 5.75 Å². The number of nitrogens with zero attached hydrogens (tertiary/aromatic N) is 3. The molecule has 1 N–H and O–H groups in total. The van der Waals surface area contributed by atoms with Gasteiger partial charge in [-0.05, 0) is 56.9 Å². The molecule has 3 rings (SSSR count). The van der Waals surface area contributed by atoms with E-state index in [0.717, 1.165) is 37.0 Å². The molecule has 182 valence electrons. The summed E-state index contributed by atoms with van der Waals surface area (Å²) in [6.07, 6.45) is 2.75. The lowest BCUT2D eigenvalue weighted by atomic mass is 10.1. The van der Waals surface area contributed by atoms with Crippen LogP contribution >= 0.6 is 0 Å². The van der Waals surface area contributed by atoms with Crippen LogP contribution in [0.3, 0.4) is 0 Å². The maximum Gasteiger partial charge on any atom is 0.347 e. The van der Waals surface area contributed by atoms with Gasteiger partial charge in [0.25, 0.3) is 0 Å². The Morgan fingerprint density at radius 3 is 2.44 bits per heavy atom. The number of carboxylic acid groups (broad SMARTS) is 1. The standard InChI is InChI=1S/C25H29F2N3O4/c1-4-14-29-22(28-30(24(29)33)16-18-10-11-19(26)15-21(18)27)7-5-6-17-8-12-20(13-9-17)34-25(2,3)23(31)32/h8-13,15H,4-7,14,16H2,1-3H3,(H,31,32). The summed E-state index contributed by atoms with van der Waals surface area (Å²) in [5.74, 6) is -1.33. The normalized spacial score (nSPS) is 11.6. The molecule has 0 atom stereocenters. The number of aryl methyl sites for hydroxylation is 2. The number of aromatic nitrogens is 3. The molecule has 0 saturated carbocycles. The molecule has 0 amide bonds. The largest absolute Gasteiger partial charge is 0.478 e. The molecule has 0 saturated heterocycles. The van der Waals surface area contributed by atoms with Crippen molar-refractivity contribution >= 4 is 5.97 Å². The minimum absolute atomic E-state index is 0.0667. The lowest BCUT2D eigenvalue weighted by Gasteiger charge is -2.21. The van der Waals surface area contributed by atoms with E-state index in [1.807, 2.05) is 19.1 Å². The predicted octanol–water partition coefficient (Wildman–Crippen LogP) is 4.20. The van der Waals surface area contributed by atoms with Crippen molar-refractivity contribution in [1.82, 2.24) is 14.3 Å². The number of halogens is 2. The van der Waals surface area contributed by atoms with Crippen LogP contribution in [-0.2, 0) is 30.7 Å². The number of aliphatic carboxylic acids is 1. The average Bonchev–Trinajstić information content (AvgIpc) is 3.06. The van der Waals surface area contributed by atoms with E-state index in [1.165, 1.54) is 24.6 Å². The van der Waals surface area contributed by atoms with E-state index in [-0.39, 0.29) is 17.8 Å². The van der Waals surface area contributed by atoms with Gasteiger partial charge in [0, 0.05) is 24.6 Å². The minimum Gasteiger partial charge on any atom is -0.478 e. The molecule has 0 fully saturated rings. The van der Waals surface area contributed by atoms with Crippen LogP contribution in [0.25, 0.3) is 0 Å². The van der Waals surface area contributed by atoms with E-state index < -0.39 is 23.2 Å². The van der Waals surface area contributed by atoms with Crippen molar-refractivity contribution in [1.29, 1.82) is 0 Å². The second kappa shape index (κ2) is 10.6. The summed E-state index contributed by atoms with van der Waals surface area (Å²) in [4.78, 5) is 24.0. The molecule has 2 aromatic carbocycles. The van der Waals surface area contributed by atoms with Crippen molar-refractivity contribution < 1.29 is 23.4 Å². The molecule has 0 bridgehead atoms. The SMILES string of the molecule is CCCn1c(CCCc2ccc(OC(C)(C)C(=O)O)cc2)nn(Cc2ccc(F)cc2F)c1=O. The summed E-state index contributed by atoms with van der Waals surface area (Å²) in [6, 6.07) is 10.5. The second-order valence-corrected chi connectivity index (χ2v) is 8.66. The fourth-order valence-electron chi connectivity index (χ4n) is 3.55. The fraction of sp³-hybridized carbons (Fsp3) is 0.400. The van der Waals surface area contributed by atoms with Crippen LogP contribution in [0.4, 0.5) is 8.78 Å². The smallest absolute Gasteiger partial charge is 0.347 e. The van der Waals surface area contributed by atoms with Crippen molar-refractivity contribution in [3.63, 3.8) is 0 Å². The Morgan fingerprint density at radius 1 is 1.12 bits per heavy atom. The van der Waals surface area contributed by atoms with Crippen molar-refractivity contribution in [3.05, 3.63) is 81.5 Å². The molecule has 3 aromatic rings. The van der Waals surface area contributed by atoms with Crippen LogP contribution in [0, 0.1) is 11.6 Å². The van der Waals surface area contributed by atoms with Crippen LogP contribution in [-0.4, -0.2) is 31.0 Å². The molecule has 1 aromatic heterocycles. The molecule has 1 heterocycles. The second-order valence-electron chi connectivity index (χ2n) is 8.66. The van der Waals surface area contributed by atoms with Crippen LogP contribution in [0.2, 0.25) is 0 Å². The zero-order chi connectivity index (χ0) is 24.9. The maximum atomic E-state index is 14.0. The number of hydrogen-bond acceptors (Lipinski definition) is 4. The highest BCUT2D eigenvalue weighted by Gasteiger charge is 2.29. The third-order valence-electron chi connectivity index (χ3n) is 5.46. The van der Waals surface area contributed by atoms with Crippen LogP contribution < -0.4 is 10.4 Å². The van der Waals surface area contributed by atoms with Crippen LogP contribution in [0.5, 0.6) is 5.75 Å². The zero-order valence-electron chi connectivity index (χ0n) is 19.6. The highest BCUT2D eigenvalue weighted by molar-refractivity contribution is 5.76. The van der Waals surface area contributed by atoms with E-state index in [0.29, 0.717) is 24.5 Å². The monoisotopic (exact) mass is 473 g/mol. The molecule has 0 aliphatic heterocycles. The third kappa shape index (κ3) is 6.09. The first-order valence-electron chi connectivity index (χ1n) is 11.2. The first-order chi connectivity index (χ1) is 16.1. The lowest BCUT2D eigenvalue weighted by Crippen LogP contribution is -2.37. The lowest BCUT2D eigenvalue weighted by molar-refractivity contribution is -0.152. The van der Waals surface area contributed by atoms with E-state index in [1.54, 1.807) is 16.7 Å². The molecule has 0 aliphatic carbocycles. The first kappa shape index (κ1) is 25.1. The topological polar surface area (TPSA) is 86.3 Å².